The van der Waals surface area contributed by atoms with E-state index >= 15 is 0 Å². The molecule has 2 unspecified atom stereocenters. The Kier molecular flexibility index (Phi) is 34.2. The van der Waals surface area contributed by atoms with Crippen molar-refractivity contribution in [3.63, 3.8) is 0 Å². The van der Waals surface area contributed by atoms with Crippen LogP contribution in [0.15, 0.2) is 0 Å². The van der Waals surface area contributed by atoms with E-state index in [4.69, 9.17) is 37.9 Å². The Labute approximate surface area is 632 Å². The summed E-state index contributed by atoms with van der Waals surface area (Å²) in [6.07, 6.45) is 37.7. The van der Waals surface area contributed by atoms with Crippen molar-refractivity contribution in [3.8, 4) is 0 Å². The molecule has 0 saturated heterocycles. The summed E-state index contributed by atoms with van der Waals surface area (Å²) in [4.78, 5) is 96.1. The monoisotopic (exact) mass is 1470 g/mol. The van der Waals surface area contributed by atoms with E-state index in [0.29, 0.717) is 61.9 Å². The predicted molar refractivity (Wildman–Crippen MR) is 410 cm³/mol. The Morgan fingerprint density at radius 1 is 0.394 bits per heavy atom. The smallest absolute Gasteiger partial charge is 0.344 e. The maximum atomic E-state index is 12.6. The Balaban J connectivity index is 0.000000234. The summed E-state index contributed by atoms with van der Waals surface area (Å²) >= 11 is 0. The molecule has 16 heteroatoms. The first-order chi connectivity index (χ1) is 48.6. The lowest BCUT2D eigenvalue weighted by atomic mass is 9.46. The molecule has 0 radical (unpaired) electrons. The highest BCUT2D eigenvalue weighted by Crippen LogP contribution is 2.65. The van der Waals surface area contributed by atoms with Gasteiger partial charge in [0.05, 0.1) is 34.7 Å². The highest BCUT2D eigenvalue weighted by molar-refractivity contribution is 5.81. The van der Waals surface area contributed by atoms with Gasteiger partial charge in [-0.15, -0.1) is 0 Å². The Morgan fingerprint density at radius 2 is 0.750 bits per heavy atom. The van der Waals surface area contributed by atoms with Crippen molar-refractivity contribution in [2.75, 3.05) is 19.8 Å². The SMILES string of the molecule is CCC(C)(C)C(=O)OC(C)(C)C12CC3CC(CC(C3)C1)C2.CCC(C)(C)C(=O)OCC(=O)OC(C)(C)C1CCCC1.CCC(C)(C)C(=O)OCC(=O)OC(CC)(CC)C1CCCCC1.CCC(C)C(=O)OC1(C)C2CC3CC(C2)CC1C3.CCC(C)C(=O)OCCCC(=O)OC(C)(C)C1CCCCC1. The molecule has 0 aliphatic heterocycles. The molecule has 11 aliphatic rings. The summed E-state index contributed by atoms with van der Waals surface area (Å²) in [5.41, 5.74) is -2.94. The second kappa shape index (κ2) is 39.4. The quantitative estimate of drug-likeness (QED) is 0.0387. The summed E-state index contributed by atoms with van der Waals surface area (Å²) < 4.78 is 44.6. The standard InChI is InChI=1S/C19H34O4.C19H32O2.C18H32O4.C16H28O4.C16H26O2/c1-6-18(4,5)17(21)22-14-16(20)23-19(7-2,8-3)15-12-10-9-11-13-15;1-6-17(2,3)16(20)21-18(4,5)19-10-13-7-14(11-19)9-15(8-13)12-19;1-5-14(2)17(20)21-13-9-12-16(19)22-18(3,4)15-10-7-6-8-11-15;1-6-15(2,3)14(18)19-11-13(17)20-16(4,5)12-9-7-8-10-12;1-4-10(2)15(17)18-16(3)13-6-11-5-12(8-13)9-14(16)7-11/h15H,6-14H2,1-5H3;13-15H,6-12H2,1-5H3;14-15H,5-13H2,1-4H3;12H,6-11H2,1-5H3;10-14H,4-9H2,1-3H3. The van der Waals surface area contributed by atoms with Crippen molar-refractivity contribution in [2.24, 2.45) is 92.7 Å². The maximum absolute atomic E-state index is 12.6. The first-order valence-corrected chi connectivity index (χ1v) is 42.2. The van der Waals surface area contributed by atoms with E-state index in [1.54, 1.807) is 0 Å². The molecule has 0 spiro atoms. The van der Waals surface area contributed by atoms with Crippen molar-refractivity contribution in [3.05, 3.63) is 0 Å². The van der Waals surface area contributed by atoms with Gasteiger partial charge in [-0.3, -0.25) is 28.8 Å². The Hall–Kier alpha value is -4.24. The lowest BCUT2D eigenvalue weighted by Crippen LogP contribution is -2.58. The molecule has 0 heterocycles. The largest absolute Gasteiger partial charge is 0.465 e. The van der Waals surface area contributed by atoms with Crippen LogP contribution in [0.2, 0.25) is 0 Å². The fourth-order valence-electron chi connectivity index (χ4n) is 19.1. The van der Waals surface area contributed by atoms with Crippen LogP contribution in [0.3, 0.4) is 0 Å². The van der Waals surface area contributed by atoms with Crippen LogP contribution >= 0.6 is 0 Å². The van der Waals surface area contributed by atoms with Crippen LogP contribution in [0.4, 0.5) is 0 Å². The molecule has 104 heavy (non-hydrogen) atoms. The van der Waals surface area contributed by atoms with Gasteiger partial charge in [0.25, 0.3) is 0 Å². The third-order valence-corrected chi connectivity index (χ3v) is 28.0. The van der Waals surface area contributed by atoms with Gasteiger partial charge in [-0.05, 0) is 310 Å². The number of carbonyl (C=O) groups excluding carboxylic acids is 8. The molecule has 0 amide bonds. The molecule has 2 atom stereocenters. The van der Waals surface area contributed by atoms with Crippen LogP contribution in [0, 0.1) is 92.7 Å². The van der Waals surface area contributed by atoms with Gasteiger partial charge in [0.2, 0.25) is 0 Å². The van der Waals surface area contributed by atoms with Crippen molar-refractivity contribution in [1.29, 1.82) is 0 Å². The molecule has 600 valence electrons. The Bertz CT molecular complexity index is 2660. The van der Waals surface area contributed by atoms with Gasteiger partial charge in [0, 0.05) is 11.8 Å². The number of hydrogen-bond acceptors (Lipinski definition) is 16. The number of hydrogen-bond donors (Lipinski definition) is 0. The van der Waals surface area contributed by atoms with Crippen LogP contribution < -0.4 is 0 Å². The Morgan fingerprint density at radius 3 is 1.14 bits per heavy atom. The highest BCUT2D eigenvalue weighted by atomic mass is 16.6. The van der Waals surface area contributed by atoms with Gasteiger partial charge in [0.15, 0.2) is 13.2 Å². The van der Waals surface area contributed by atoms with Crippen LogP contribution in [0.1, 0.15) is 371 Å². The third-order valence-electron chi connectivity index (χ3n) is 28.0. The molecule has 0 N–H and O–H groups in total. The second-order valence-corrected chi connectivity index (χ2v) is 37.8. The van der Waals surface area contributed by atoms with Crippen LogP contribution in [0.25, 0.3) is 0 Å². The molecule has 11 saturated carbocycles. The van der Waals surface area contributed by atoms with E-state index in [-0.39, 0.29) is 88.5 Å². The zero-order valence-corrected chi connectivity index (χ0v) is 70.1. The summed E-state index contributed by atoms with van der Waals surface area (Å²) in [6.45, 7) is 43.4. The normalized spacial score (nSPS) is 26.7. The summed E-state index contributed by atoms with van der Waals surface area (Å²) in [5, 5.41) is 0. The molecule has 8 bridgehead atoms. The fourth-order valence-corrected chi connectivity index (χ4v) is 19.1. The molecule has 11 aliphatic carbocycles. The topological polar surface area (TPSA) is 210 Å². The maximum Gasteiger partial charge on any atom is 0.344 e. The van der Waals surface area contributed by atoms with E-state index in [9.17, 15) is 38.4 Å². The first kappa shape index (κ1) is 90.4. The minimum atomic E-state index is -0.559. The number of rotatable bonds is 29. The van der Waals surface area contributed by atoms with Crippen molar-refractivity contribution in [2.45, 2.75) is 399 Å². The summed E-state index contributed by atoms with van der Waals surface area (Å²) in [7, 11) is 0. The average Bonchev–Trinajstić information content (AvgIpc) is 0.806. The highest BCUT2D eigenvalue weighted by Gasteiger charge is 2.60. The molecule has 11 fully saturated rings. The molecular weight excluding hydrogens is 1310 g/mol. The second-order valence-electron chi connectivity index (χ2n) is 37.8. The average molecular weight is 1470 g/mol. The van der Waals surface area contributed by atoms with Gasteiger partial charge in [-0.2, -0.15) is 0 Å². The minimum absolute atomic E-state index is 0.00857. The minimum Gasteiger partial charge on any atom is -0.465 e. The van der Waals surface area contributed by atoms with E-state index in [1.807, 2.05) is 104 Å². The number of carbonyl (C=O) groups is 8. The number of ether oxygens (including phenoxy) is 8. The van der Waals surface area contributed by atoms with E-state index < -0.39 is 34.0 Å². The van der Waals surface area contributed by atoms with Gasteiger partial charge < -0.3 is 37.9 Å². The van der Waals surface area contributed by atoms with Crippen LogP contribution in [0.5, 0.6) is 0 Å². The van der Waals surface area contributed by atoms with Crippen LogP contribution in [-0.2, 0) is 76.3 Å². The number of esters is 8. The van der Waals surface area contributed by atoms with Gasteiger partial charge in [-0.1, -0.05) is 114 Å². The van der Waals surface area contributed by atoms with Crippen molar-refractivity contribution < 1.29 is 76.3 Å². The molecule has 0 aromatic carbocycles. The molecule has 0 aromatic rings. The third kappa shape index (κ3) is 24.9. The van der Waals surface area contributed by atoms with Gasteiger partial charge in [0.1, 0.15) is 28.0 Å². The van der Waals surface area contributed by atoms with E-state index in [2.05, 4.69) is 48.5 Å². The van der Waals surface area contributed by atoms with E-state index in [0.717, 1.165) is 100 Å². The lowest BCUT2D eigenvalue weighted by Gasteiger charge is -2.61. The predicted octanol–water partition coefficient (Wildman–Crippen LogP) is 21.1. The fraction of sp³-hybridized carbons (Fsp3) is 0.909. The van der Waals surface area contributed by atoms with Gasteiger partial charge in [-0.25, -0.2) is 9.59 Å². The zero-order valence-electron chi connectivity index (χ0n) is 70.1. The van der Waals surface area contributed by atoms with E-state index in [1.165, 1.54) is 122 Å². The summed E-state index contributed by atoms with van der Waals surface area (Å²) in [5.74, 6) is 5.22. The van der Waals surface area contributed by atoms with Gasteiger partial charge >= 0.3 is 47.8 Å². The van der Waals surface area contributed by atoms with Crippen molar-refractivity contribution in [1.82, 2.24) is 0 Å². The zero-order chi connectivity index (χ0) is 77.9. The molecular formula is C88H152O16. The first-order valence-electron chi connectivity index (χ1n) is 42.2. The molecule has 11 rings (SSSR count). The lowest BCUT2D eigenvalue weighted by molar-refractivity contribution is -0.207. The van der Waals surface area contributed by atoms with Crippen LogP contribution in [-0.4, -0.2) is 95.6 Å². The summed E-state index contributed by atoms with van der Waals surface area (Å²) in [6, 6.07) is 0. The molecule has 0 aromatic heterocycles. The molecule has 16 nitrogen and oxygen atoms in total. The van der Waals surface area contributed by atoms with Crippen molar-refractivity contribution >= 4 is 47.8 Å².